The maximum absolute atomic E-state index is 12.5. The van der Waals surface area contributed by atoms with Gasteiger partial charge in [0.15, 0.2) is 6.10 Å². The zero-order valence-electron chi connectivity index (χ0n) is 13.2. The third-order valence-corrected chi connectivity index (χ3v) is 3.84. The van der Waals surface area contributed by atoms with Crippen LogP contribution in [-0.2, 0) is 20.7 Å². The van der Waals surface area contributed by atoms with Crippen LogP contribution in [0.1, 0.15) is 17.2 Å². The first-order chi connectivity index (χ1) is 11.5. The molecular weight excluding hydrogens is 328 g/mol. The van der Waals surface area contributed by atoms with Gasteiger partial charge in [0.25, 0.3) is 5.91 Å². The number of methoxy groups -OCH3 is 1. The fourth-order valence-electron chi connectivity index (χ4n) is 2.35. The van der Waals surface area contributed by atoms with Crippen molar-refractivity contribution in [2.45, 2.75) is 18.6 Å². The zero-order chi connectivity index (χ0) is 17.5. The molecule has 0 saturated heterocycles. The first-order valence-corrected chi connectivity index (χ1v) is 7.81. The van der Waals surface area contributed by atoms with Gasteiger partial charge in [0.05, 0.1) is 0 Å². The summed E-state index contributed by atoms with van der Waals surface area (Å²) in [5.74, 6) is -1.03. The number of rotatable bonds is 7. The van der Waals surface area contributed by atoms with Crippen molar-refractivity contribution in [1.82, 2.24) is 5.32 Å². The summed E-state index contributed by atoms with van der Waals surface area (Å²) in [6, 6.07) is 15.2. The Kier molecular flexibility index (Phi) is 6.35. The van der Waals surface area contributed by atoms with Gasteiger partial charge in [0.2, 0.25) is 5.91 Å². The molecule has 6 heteroatoms. The average molecular weight is 347 g/mol. The Balaban J connectivity index is 2.10. The van der Waals surface area contributed by atoms with Gasteiger partial charge in [-0.2, -0.15) is 0 Å². The van der Waals surface area contributed by atoms with Crippen molar-refractivity contribution in [2.24, 2.45) is 5.73 Å². The van der Waals surface area contributed by atoms with Crippen molar-refractivity contribution >= 4 is 23.4 Å². The molecule has 2 atom stereocenters. The summed E-state index contributed by atoms with van der Waals surface area (Å²) in [5, 5.41) is 3.26. The van der Waals surface area contributed by atoms with Crippen molar-refractivity contribution in [3.63, 3.8) is 0 Å². The monoisotopic (exact) mass is 346 g/mol. The molecule has 2 amide bonds. The van der Waals surface area contributed by atoms with Crippen LogP contribution in [0.2, 0.25) is 5.02 Å². The van der Waals surface area contributed by atoms with E-state index >= 15 is 0 Å². The lowest BCUT2D eigenvalue weighted by Crippen LogP contribution is -2.47. The van der Waals surface area contributed by atoms with Gasteiger partial charge in [-0.25, -0.2) is 0 Å². The number of carbonyl (C=O) groups excluding carboxylic acids is 2. The van der Waals surface area contributed by atoms with Crippen LogP contribution in [0.4, 0.5) is 0 Å². The molecule has 5 nitrogen and oxygen atoms in total. The number of amides is 2. The molecule has 2 rings (SSSR count). The van der Waals surface area contributed by atoms with Crippen LogP contribution in [-0.4, -0.2) is 25.0 Å². The van der Waals surface area contributed by atoms with Gasteiger partial charge >= 0.3 is 0 Å². The van der Waals surface area contributed by atoms with Crippen LogP contribution in [0.15, 0.2) is 54.6 Å². The SMILES string of the molecule is CO[C@H](C(=O)N[C@H](Cc1ccc(Cl)cc1)C(N)=O)c1ccccc1. The second kappa shape index (κ2) is 8.47. The molecule has 2 aromatic rings. The summed E-state index contributed by atoms with van der Waals surface area (Å²) in [6.45, 7) is 0. The molecule has 0 unspecified atom stereocenters. The van der Waals surface area contributed by atoms with Gasteiger partial charge in [-0.3, -0.25) is 9.59 Å². The highest BCUT2D eigenvalue weighted by molar-refractivity contribution is 6.30. The van der Waals surface area contributed by atoms with Gasteiger partial charge in [-0.05, 0) is 23.3 Å². The van der Waals surface area contributed by atoms with Crippen LogP contribution >= 0.6 is 11.6 Å². The first-order valence-electron chi connectivity index (χ1n) is 7.43. The number of primary amides is 1. The molecule has 0 spiro atoms. The fraction of sp³-hybridized carbons (Fsp3) is 0.222. The van der Waals surface area contributed by atoms with Crippen molar-refractivity contribution < 1.29 is 14.3 Å². The molecule has 0 radical (unpaired) electrons. The number of hydrogen-bond acceptors (Lipinski definition) is 3. The van der Waals surface area contributed by atoms with Crippen LogP contribution in [0.5, 0.6) is 0 Å². The maximum Gasteiger partial charge on any atom is 0.254 e. The molecule has 0 heterocycles. The standard InChI is InChI=1S/C18H19ClN2O3/c1-24-16(13-5-3-2-4-6-13)18(23)21-15(17(20)22)11-12-7-9-14(19)10-8-12/h2-10,15-16H,11H2,1H3,(H2,20,22)(H,21,23)/t15-,16+/m1/s1. The van der Waals surface area contributed by atoms with Gasteiger partial charge in [-0.15, -0.1) is 0 Å². The van der Waals surface area contributed by atoms with E-state index < -0.39 is 24.0 Å². The second-order valence-electron chi connectivity index (χ2n) is 5.32. The minimum Gasteiger partial charge on any atom is -0.368 e. The van der Waals surface area contributed by atoms with E-state index in [1.807, 2.05) is 18.2 Å². The molecule has 0 bridgehead atoms. The summed E-state index contributed by atoms with van der Waals surface area (Å²) < 4.78 is 5.26. The van der Waals surface area contributed by atoms with Crippen molar-refractivity contribution in [2.75, 3.05) is 7.11 Å². The second-order valence-corrected chi connectivity index (χ2v) is 5.76. The lowest BCUT2D eigenvalue weighted by Gasteiger charge is -2.20. The molecular formula is C18H19ClN2O3. The Labute approximate surface area is 145 Å². The number of carbonyl (C=O) groups is 2. The quantitative estimate of drug-likeness (QED) is 0.806. The largest absolute Gasteiger partial charge is 0.368 e. The van der Waals surface area contributed by atoms with E-state index in [1.165, 1.54) is 7.11 Å². The summed E-state index contributed by atoms with van der Waals surface area (Å²) in [7, 11) is 1.44. The van der Waals surface area contributed by atoms with Gasteiger partial charge in [0, 0.05) is 18.6 Å². The van der Waals surface area contributed by atoms with Gasteiger partial charge in [0.1, 0.15) is 6.04 Å². The van der Waals surface area contributed by atoms with Crippen molar-refractivity contribution in [3.8, 4) is 0 Å². The van der Waals surface area contributed by atoms with Crippen molar-refractivity contribution in [3.05, 3.63) is 70.7 Å². The van der Waals surface area contributed by atoms with Crippen LogP contribution in [0.25, 0.3) is 0 Å². The fourth-order valence-corrected chi connectivity index (χ4v) is 2.47. The lowest BCUT2D eigenvalue weighted by atomic mass is 10.0. The third-order valence-electron chi connectivity index (χ3n) is 3.59. The van der Waals surface area contributed by atoms with E-state index in [-0.39, 0.29) is 6.42 Å². The average Bonchev–Trinajstić information content (AvgIpc) is 2.57. The first kappa shape index (κ1) is 18.0. The van der Waals surface area contributed by atoms with Crippen molar-refractivity contribution in [1.29, 1.82) is 0 Å². The van der Waals surface area contributed by atoms with E-state index in [1.54, 1.807) is 36.4 Å². The smallest absolute Gasteiger partial charge is 0.254 e. The zero-order valence-corrected chi connectivity index (χ0v) is 14.0. The number of benzene rings is 2. The van der Waals surface area contributed by atoms with Crippen LogP contribution < -0.4 is 11.1 Å². The Morgan fingerprint density at radius 2 is 1.75 bits per heavy atom. The Morgan fingerprint density at radius 3 is 2.29 bits per heavy atom. The number of ether oxygens (including phenoxy) is 1. The molecule has 2 aromatic carbocycles. The minimum atomic E-state index is -0.833. The number of nitrogens with one attached hydrogen (secondary N) is 1. The number of hydrogen-bond donors (Lipinski definition) is 2. The lowest BCUT2D eigenvalue weighted by molar-refractivity contribution is -0.134. The topological polar surface area (TPSA) is 81.4 Å². The van der Waals surface area contributed by atoms with E-state index in [4.69, 9.17) is 22.1 Å². The molecule has 0 aromatic heterocycles. The maximum atomic E-state index is 12.5. The third kappa shape index (κ3) is 4.81. The van der Waals surface area contributed by atoms with E-state index in [0.29, 0.717) is 10.6 Å². The summed E-state index contributed by atoms with van der Waals surface area (Å²) in [4.78, 5) is 24.2. The minimum absolute atomic E-state index is 0.281. The molecule has 0 aliphatic carbocycles. The summed E-state index contributed by atoms with van der Waals surface area (Å²) in [6.07, 6.45) is -0.526. The summed E-state index contributed by atoms with van der Waals surface area (Å²) in [5.41, 5.74) is 6.97. The van der Waals surface area contributed by atoms with Gasteiger partial charge < -0.3 is 15.8 Å². The Morgan fingerprint density at radius 1 is 1.12 bits per heavy atom. The van der Waals surface area contributed by atoms with Crippen LogP contribution in [0.3, 0.4) is 0 Å². The molecule has 0 fully saturated rings. The molecule has 24 heavy (non-hydrogen) atoms. The molecule has 0 aliphatic heterocycles. The number of nitrogens with two attached hydrogens (primary N) is 1. The molecule has 126 valence electrons. The van der Waals surface area contributed by atoms with E-state index in [2.05, 4.69) is 5.32 Å². The van der Waals surface area contributed by atoms with E-state index in [9.17, 15) is 9.59 Å². The molecule has 0 saturated carbocycles. The molecule has 0 aliphatic rings. The predicted octanol–water partition coefficient (Wildman–Crippen LogP) is 2.24. The van der Waals surface area contributed by atoms with Gasteiger partial charge in [-0.1, -0.05) is 54.1 Å². The highest BCUT2D eigenvalue weighted by Gasteiger charge is 2.25. The van der Waals surface area contributed by atoms with E-state index in [0.717, 1.165) is 5.56 Å². The summed E-state index contributed by atoms with van der Waals surface area (Å²) >= 11 is 5.85. The Hall–Kier alpha value is -2.37. The highest BCUT2D eigenvalue weighted by Crippen LogP contribution is 2.17. The Bertz CT molecular complexity index is 689. The van der Waals surface area contributed by atoms with Crippen LogP contribution in [0, 0.1) is 0 Å². The predicted molar refractivity (Wildman–Crippen MR) is 92.5 cm³/mol. The highest BCUT2D eigenvalue weighted by atomic mass is 35.5. The molecule has 3 N–H and O–H groups in total. The normalized spacial score (nSPS) is 13.1. The number of halogens is 1.